The lowest BCUT2D eigenvalue weighted by Crippen LogP contribution is -2.30. The van der Waals surface area contributed by atoms with Crippen LogP contribution < -0.4 is 4.78 Å². The molecule has 0 nitrogen and oxygen atoms in total. The van der Waals surface area contributed by atoms with Crippen LogP contribution in [0.3, 0.4) is 0 Å². The zero-order valence-electron chi connectivity index (χ0n) is 5.57. The summed E-state index contributed by atoms with van der Waals surface area (Å²) in [4.78, 5) is 0.666. The van der Waals surface area contributed by atoms with Gasteiger partial charge in [0.05, 0.1) is 0 Å². The van der Waals surface area contributed by atoms with E-state index in [9.17, 15) is 12.9 Å². The lowest BCUT2D eigenvalue weighted by molar-refractivity contribution is 0.503. The van der Waals surface area contributed by atoms with Crippen LogP contribution in [0.2, 0.25) is 0 Å². The first kappa shape index (κ1) is 9.13. The highest BCUT2D eigenvalue weighted by atomic mass is 79.9. The SMILES string of the molecule is Cc1sc([B-](F)(F)F)cc1Br. The van der Waals surface area contributed by atoms with Crippen molar-refractivity contribution >= 4 is 39.0 Å². The summed E-state index contributed by atoms with van der Waals surface area (Å²) in [6.45, 7) is -3.16. The van der Waals surface area contributed by atoms with Gasteiger partial charge in [0, 0.05) is 9.35 Å². The van der Waals surface area contributed by atoms with Gasteiger partial charge in [-0.25, -0.2) is 0 Å². The Labute approximate surface area is 74.6 Å². The molecule has 11 heavy (non-hydrogen) atoms. The van der Waals surface area contributed by atoms with E-state index in [1.807, 2.05) is 0 Å². The molecule has 0 atom stereocenters. The molecule has 0 aliphatic rings. The molecule has 1 aromatic heterocycles. The van der Waals surface area contributed by atoms with Gasteiger partial charge in [0.15, 0.2) is 0 Å². The first-order chi connectivity index (χ1) is 4.91. The molecule has 62 valence electrons. The van der Waals surface area contributed by atoms with Crippen molar-refractivity contribution < 1.29 is 12.9 Å². The van der Waals surface area contributed by atoms with E-state index >= 15 is 0 Å². The van der Waals surface area contributed by atoms with E-state index in [1.54, 1.807) is 6.92 Å². The summed E-state index contributed by atoms with van der Waals surface area (Å²) in [7, 11) is 0. The molecule has 0 saturated heterocycles. The van der Waals surface area contributed by atoms with E-state index in [1.165, 1.54) is 0 Å². The van der Waals surface area contributed by atoms with Crippen LogP contribution >= 0.6 is 27.3 Å². The summed E-state index contributed by atoms with van der Waals surface area (Å²) in [5.74, 6) is 0. The number of aryl methyl sites for hydroxylation is 1. The topological polar surface area (TPSA) is 0 Å². The van der Waals surface area contributed by atoms with Crippen molar-refractivity contribution in [2.24, 2.45) is 0 Å². The second-order valence-electron chi connectivity index (χ2n) is 2.13. The number of hydrogen-bond donors (Lipinski definition) is 0. The van der Waals surface area contributed by atoms with Crippen LogP contribution in [0.15, 0.2) is 10.5 Å². The van der Waals surface area contributed by atoms with Crippen molar-refractivity contribution in [1.82, 2.24) is 0 Å². The lowest BCUT2D eigenvalue weighted by atomic mass is 9.90. The maximum absolute atomic E-state index is 12.0. The highest BCUT2D eigenvalue weighted by molar-refractivity contribution is 9.10. The molecule has 0 spiro atoms. The Morgan fingerprint density at radius 1 is 1.45 bits per heavy atom. The summed E-state index contributed by atoms with van der Waals surface area (Å²) < 4.78 is 36.1. The van der Waals surface area contributed by atoms with Gasteiger partial charge in [-0.2, -0.15) is 11.3 Å². The van der Waals surface area contributed by atoms with Crippen molar-refractivity contribution in [3.8, 4) is 0 Å². The molecule has 0 aliphatic carbocycles. The van der Waals surface area contributed by atoms with Gasteiger partial charge >= 0.3 is 6.98 Å². The van der Waals surface area contributed by atoms with Gasteiger partial charge in [-0.05, 0) is 22.9 Å². The Bertz CT molecular complexity index is 248. The number of rotatable bonds is 1. The molecule has 1 aromatic rings. The quantitative estimate of drug-likeness (QED) is 0.666. The second-order valence-corrected chi connectivity index (χ2v) is 4.27. The van der Waals surface area contributed by atoms with Gasteiger partial charge in [0.1, 0.15) is 0 Å². The number of halogens is 4. The normalized spacial score (nSPS) is 12.1. The van der Waals surface area contributed by atoms with Crippen LogP contribution in [-0.2, 0) is 0 Å². The van der Waals surface area contributed by atoms with Crippen LogP contribution in [0.1, 0.15) is 4.88 Å². The largest absolute Gasteiger partial charge is 0.519 e. The minimum atomic E-state index is -4.81. The lowest BCUT2D eigenvalue weighted by Gasteiger charge is -2.09. The molecule has 6 heteroatoms. The standard InChI is InChI=1S/C5H4BBrF3S/c1-3-4(7)2-5(11-3)6(8,9)10/h2H,1H3/q-1. The first-order valence-corrected chi connectivity index (χ1v) is 4.48. The molecule has 0 amide bonds. The fraction of sp³-hybridized carbons (Fsp3) is 0.200. The van der Waals surface area contributed by atoms with Gasteiger partial charge < -0.3 is 12.9 Å². The fourth-order valence-corrected chi connectivity index (χ4v) is 2.10. The number of hydrogen-bond acceptors (Lipinski definition) is 1. The van der Waals surface area contributed by atoms with Gasteiger partial charge in [-0.1, -0.05) is 10.8 Å². The molecule has 0 aromatic carbocycles. The van der Waals surface area contributed by atoms with Crippen LogP contribution in [0.25, 0.3) is 0 Å². The molecular weight excluding hydrogens is 240 g/mol. The molecule has 0 fully saturated rings. The maximum Gasteiger partial charge on any atom is 0.519 e. The van der Waals surface area contributed by atoms with E-state index in [-0.39, 0.29) is 0 Å². The molecule has 0 unspecified atom stereocenters. The fourth-order valence-electron chi connectivity index (χ4n) is 0.643. The van der Waals surface area contributed by atoms with Crippen LogP contribution in [-0.4, -0.2) is 6.98 Å². The molecule has 0 saturated carbocycles. The highest BCUT2D eigenvalue weighted by Gasteiger charge is 2.27. The van der Waals surface area contributed by atoms with Crippen LogP contribution in [0, 0.1) is 6.92 Å². The minimum Gasteiger partial charge on any atom is -0.444 e. The van der Waals surface area contributed by atoms with Crippen molar-refractivity contribution in [2.75, 3.05) is 0 Å². The van der Waals surface area contributed by atoms with Crippen molar-refractivity contribution in [3.05, 3.63) is 15.4 Å². The molecular formula is C5H4BBrF3S-. The third-order valence-corrected chi connectivity index (χ3v) is 3.43. The predicted molar refractivity (Wildman–Crippen MR) is 45.5 cm³/mol. The Morgan fingerprint density at radius 2 is 2.00 bits per heavy atom. The van der Waals surface area contributed by atoms with E-state index in [0.29, 0.717) is 9.35 Å². The second kappa shape index (κ2) is 2.82. The van der Waals surface area contributed by atoms with Gasteiger partial charge in [0.2, 0.25) is 0 Å². The van der Waals surface area contributed by atoms with E-state index < -0.39 is 11.8 Å². The smallest absolute Gasteiger partial charge is 0.444 e. The number of thiophene rings is 1. The molecule has 0 bridgehead atoms. The highest BCUT2D eigenvalue weighted by Crippen LogP contribution is 2.23. The van der Waals surface area contributed by atoms with Crippen molar-refractivity contribution in [1.29, 1.82) is 0 Å². The van der Waals surface area contributed by atoms with Crippen molar-refractivity contribution in [2.45, 2.75) is 6.92 Å². The maximum atomic E-state index is 12.0. The van der Waals surface area contributed by atoms with Crippen LogP contribution in [0.5, 0.6) is 0 Å². The summed E-state index contributed by atoms with van der Waals surface area (Å²) in [5.41, 5.74) is 0. The van der Waals surface area contributed by atoms with Crippen LogP contribution in [0.4, 0.5) is 12.9 Å². The molecule has 1 heterocycles. The van der Waals surface area contributed by atoms with Gasteiger partial charge in [-0.3, -0.25) is 0 Å². The summed E-state index contributed by atoms with van der Waals surface area (Å²) >= 11 is 3.81. The average Bonchev–Trinajstić information content (AvgIpc) is 2.11. The van der Waals surface area contributed by atoms with E-state index in [0.717, 1.165) is 17.4 Å². The van der Waals surface area contributed by atoms with Crippen molar-refractivity contribution in [3.63, 3.8) is 0 Å². The molecule has 0 aliphatic heterocycles. The summed E-state index contributed by atoms with van der Waals surface area (Å²) in [6, 6.07) is 1.12. The summed E-state index contributed by atoms with van der Waals surface area (Å²) in [5, 5.41) is 0. The van der Waals surface area contributed by atoms with Gasteiger partial charge in [-0.15, -0.1) is 0 Å². The third kappa shape index (κ3) is 1.99. The molecule has 0 N–H and O–H groups in total. The monoisotopic (exact) mass is 243 g/mol. The zero-order valence-corrected chi connectivity index (χ0v) is 7.98. The summed E-state index contributed by atoms with van der Waals surface area (Å²) in [6.07, 6.45) is 0. The first-order valence-electron chi connectivity index (χ1n) is 2.87. The average molecular weight is 244 g/mol. The third-order valence-electron chi connectivity index (χ3n) is 1.20. The minimum absolute atomic E-state index is 0.491. The predicted octanol–water partition coefficient (Wildman–Crippen LogP) is 2.87. The van der Waals surface area contributed by atoms with Gasteiger partial charge in [0.25, 0.3) is 0 Å². The van der Waals surface area contributed by atoms with E-state index in [2.05, 4.69) is 15.9 Å². The Morgan fingerprint density at radius 3 is 2.18 bits per heavy atom. The Balaban J connectivity index is 3.08. The van der Waals surface area contributed by atoms with E-state index in [4.69, 9.17) is 0 Å². The Hall–Kier alpha value is 0.0349. The molecule has 0 radical (unpaired) electrons. The Kier molecular flexibility index (Phi) is 2.34. The zero-order chi connectivity index (χ0) is 8.65. The molecule has 1 rings (SSSR count).